The molecule has 0 spiro atoms. The maximum absolute atomic E-state index is 13.5. The number of anilines is 2. The third kappa shape index (κ3) is 4.77. The number of carbonyl (C=O) groups is 1. The van der Waals surface area contributed by atoms with Crippen molar-refractivity contribution in [2.45, 2.75) is 26.7 Å². The van der Waals surface area contributed by atoms with Crippen LogP contribution in [0.3, 0.4) is 0 Å². The predicted molar refractivity (Wildman–Crippen MR) is 74.6 cm³/mol. The lowest BCUT2D eigenvalue weighted by atomic mass is 10.2. The lowest BCUT2D eigenvalue weighted by Crippen LogP contribution is -2.27. The Hall–Kier alpha value is -1.78. The lowest BCUT2D eigenvalue weighted by Gasteiger charge is -2.24. The molecule has 0 aliphatic rings. The average molecular weight is 268 g/mol. The Balaban J connectivity index is 2.70. The van der Waals surface area contributed by atoms with Crippen LogP contribution >= 0.6 is 0 Å². The molecule has 0 fully saturated rings. The normalized spacial score (nSPS) is 10.3. The first-order valence-electron chi connectivity index (χ1n) is 6.54. The minimum atomic E-state index is -0.435. The van der Waals surface area contributed by atoms with E-state index in [1.165, 1.54) is 12.1 Å². The van der Waals surface area contributed by atoms with E-state index in [-0.39, 0.29) is 11.7 Å². The molecule has 2 N–H and O–H groups in total. The average Bonchev–Trinajstić information content (AvgIpc) is 2.38. The van der Waals surface area contributed by atoms with Crippen LogP contribution in [0.4, 0.5) is 15.8 Å². The molecule has 1 aromatic carbocycles. The van der Waals surface area contributed by atoms with Crippen molar-refractivity contribution in [1.29, 1.82) is 0 Å². The number of benzene rings is 1. The van der Waals surface area contributed by atoms with Crippen LogP contribution in [-0.4, -0.2) is 25.7 Å². The smallest absolute Gasteiger partial charge is 0.307 e. The summed E-state index contributed by atoms with van der Waals surface area (Å²) < 4.78 is 18.3. The fourth-order valence-corrected chi connectivity index (χ4v) is 1.81. The molecule has 1 aromatic rings. The Morgan fingerprint density at radius 2 is 2.11 bits per heavy atom. The third-order valence-corrected chi connectivity index (χ3v) is 2.73. The second kappa shape index (κ2) is 7.61. The number of rotatable bonds is 7. The van der Waals surface area contributed by atoms with Crippen molar-refractivity contribution >= 4 is 17.3 Å². The third-order valence-electron chi connectivity index (χ3n) is 2.73. The van der Waals surface area contributed by atoms with Gasteiger partial charge in [-0.05, 0) is 31.5 Å². The van der Waals surface area contributed by atoms with E-state index in [9.17, 15) is 9.18 Å². The molecular weight excluding hydrogens is 247 g/mol. The minimum Gasteiger partial charge on any atom is -0.466 e. The summed E-state index contributed by atoms with van der Waals surface area (Å²) in [7, 11) is 0. The van der Waals surface area contributed by atoms with Gasteiger partial charge >= 0.3 is 5.97 Å². The van der Waals surface area contributed by atoms with Crippen LogP contribution in [-0.2, 0) is 9.53 Å². The molecule has 0 aliphatic heterocycles. The molecule has 0 aromatic heterocycles. The van der Waals surface area contributed by atoms with Crippen molar-refractivity contribution in [2.75, 3.05) is 30.3 Å². The SMILES string of the molecule is CCCN(CCC(=O)OCC)c1ccc(N)c(F)c1. The van der Waals surface area contributed by atoms with Crippen molar-refractivity contribution in [3.8, 4) is 0 Å². The van der Waals surface area contributed by atoms with Crippen molar-refractivity contribution in [3.05, 3.63) is 24.0 Å². The molecule has 1 rings (SSSR count). The number of nitrogen functional groups attached to an aromatic ring is 1. The molecular formula is C14H21FN2O2. The summed E-state index contributed by atoms with van der Waals surface area (Å²) in [5.41, 5.74) is 6.32. The van der Waals surface area contributed by atoms with Gasteiger partial charge < -0.3 is 15.4 Å². The standard InChI is InChI=1S/C14H21FN2O2/c1-3-8-17(9-7-14(18)19-4-2)11-5-6-13(16)12(15)10-11/h5-6,10H,3-4,7-9,16H2,1-2H3. The van der Waals surface area contributed by atoms with Gasteiger partial charge in [-0.25, -0.2) is 4.39 Å². The monoisotopic (exact) mass is 268 g/mol. The maximum Gasteiger partial charge on any atom is 0.307 e. The quantitative estimate of drug-likeness (QED) is 0.610. The highest BCUT2D eigenvalue weighted by atomic mass is 19.1. The second-order valence-corrected chi connectivity index (χ2v) is 4.25. The van der Waals surface area contributed by atoms with Crippen LogP contribution in [0.15, 0.2) is 18.2 Å². The van der Waals surface area contributed by atoms with Crippen LogP contribution in [0.5, 0.6) is 0 Å². The molecule has 19 heavy (non-hydrogen) atoms. The molecule has 0 amide bonds. The van der Waals surface area contributed by atoms with Gasteiger partial charge in [0.25, 0.3) is 0 Å². The molecule has 0 atom stereocenters. The van der Waals surface area contributed by atoms with Gasteiger partial charge in [0.2, 0.25) is 0 Å². The predicted octanol–water partition coefficient (Wildman–Crippen LogP) is 2.58. The van der Waals surface area contributed by atoms with Crippen LogP contribution in [0, 0.1) is 5.82 Å². The molecule has 0 bridgehead atoms. The number of nitrogens with zero attached hydrogens (tertiary/aromatic N) is 1. The zero-order valence-electron chi connectivity index (χ0n) is 11.5. The van der Waals surface area contributed by atoms with E-state index in [0.717, 1.165) is 18.7 Å². The van der Waals surface area contributed by atoms with Crippen molar-refractivity contribution in [1.82, 2.24) is 0 Å². The summed E-state index contributed by atoms with van der Waals surface area (Å²) in [6, 6.07) is 4.70. The van der Waals surface area contributed by atoms with Crippen molar-refractivity contribution < 1.29 is 13.9 Å². The molecule has 0 saturated heterocycles. The number of ether oxygens (including phenoxy) is 1. The first kappa shape index (κ1) is 15.3. The van der Waals surface area contributed by atoms with Crippen LogP contribution in [0.2, 0.25) is 0 Å². The summed E-state index contributed by atoms with van der Waals surface area (Å²) in [6.45, 7) is 5.45. The molecule has 0 aliphatic carbocycles. The molecule has 5 heteroatoms. The number of hydrogen-bond acceptors (Lipinski definition) is 4. The van der Waals surface area contributed by atoms with Crippen LogP contribution in [0.25, 0.3) is 0 Å². The Bertz CT molecular complexity index is 424. The fourth-order valence-electron chi connectivity index (χ4n) is 1.81. The molecule has 0 unspecified atom stereocenters. The summed E-state index contributed by atoms with van der Waals surface area (Å²) in [5, 5.41) is 0. The van der Waals surface area contributed by atoms with E-state index in [1.54, 1.807) is 13.0 Å². The van der Waals surface area contributed by atoms with Crippen molar-refractivity contribution in [3.63, 3.8) is 0 Å². The molecule has 0 saturated carbocycles. The van der Waals surface area contributed by atoms with E-state index in [4.69, 9.17) is 10.5 Å². The first-order valence-corrected chi connectivity index (χ1v) is 6.54. The summed E-state index contributed by atoms with van der Waals surface area (Å²) >= 11 is 0. The zero-order chi connectivity index (χ0) is 14.3. The highest BCUT2D eigenvalue weighted by Crippen LogP contribution is 2.20. The van der Waals surface area contributed by atoms with Crippen LogP contribution in [0.1, 0.15) is 26.7 Å². The van der Waals surface area contributed by atoms with E-state index < -0.39 is 5.82 Å². The zero-order valence-corrected chi connectivity index (χ0v) is 11.5. The van der Waals surface area contributed by atoms with Gasteiger partial charge in [0, 0.05) is 18.8 Å². The van der Waals surface area contributed by atoms with Gasteiger partial charge in [0.05, 0.1) is 18.7 Å². The Morgan fingerprint density at radius 1 is 1.37 bits per heavy atom. The van der Waals surface area contributed by atoms with Gasteiger partial charge in [-0.1, -0.05) is 6.92 Å². The van der Waals surface area contributed by atoms with Gasteiger partial charge in [0.1, 0.15) is 5.82 Å². The number of hydrogen-bond donors (Lipinski definition) is 1. The van der Waals surface area contributed by atoms with Gasteiger partial charge in [0.15, 0.2) is 0 Å². The fraction of sp³-hybridized carbons (Fsp3) is 0.500. The maximum atomic E-state index is 13.5. The van der Waals surface area contributed by atoms with E-state index >= 15 is 0 Å². The number of carbonyl (C=O) groups excluding carboxylic acids is 1. The van der Waals surface area contributed by atoms with E-state index in [1.807, 2.05) is 11.8 Å². The highest BCUT2D eigenvalue weighted by molar-refractivity contribution is 5.70. The molecule has 106 valence electrons. The number of halogens is 1. The molecule has 0 heterocycles. The summed E-state index contributed by atoms with van der Waals surface area (Å²) in [4.78, 5) is 13.3. The summed E-state index contributed by atoms with van der Waals surface area (Å²) in [5.74, 6) is -0.672. The highest BCUT2D eigenvalue weighted by Gasteiger charge is 2.11. The van der Waals surface area contributed by atoms with Crippen LogP contribution < -0.4 is 10.6 Å². The second-order valence-electron chi connectivity index (χ2n) is 4.25. The number of esters is 1. The van der Waals surface area contributed by atoms with Gasteiger partial charge in [-0.15, -0.1) is 0 Å². The van der Waals surface area contributed by atoms with Gasteiger partial charge in [-0.3, -0.25) is 4.79 Å². The van der Waals surface area contributed by atoms with Crippen molar-refractivity contribution in [2.24, 2.45) is 0 Å². The lowest BCUT2D eigenvalue weighted by molar-refractivity contribution is -0.142. The van der Waals surface area contributed by atoms with E-state index in [0.29, 0.717) is 19.6 Å². The molecule has 4 nitrogen and oxygen atoms in total. The minimum absolute atomic E-state index is 0.130. The largest absolute Gasteiger partial charge is 0.466 e. The van der Waals surface area contributed by atoms with E-state index in [2.05, 4.69) is 0 Å². The number of nitrogens with two attached hydrogens (primary N) is 1. The van der Waals surface area contributed by atoms with Gasteiger partial charge in [-0.2, -0.15) is 0 Å². The topological polar surface area (TPSA) is 55.6 Å². The summed E-state index contributed by atoms with van der Waals surface area (Å²) in [6.07, 6.45) is 1.20. The Morgan fingerprint density at radius 3 is 2.68 bits per heavy atom. The Kier molecular flexibility index (Phi) is 6.12. The Labute approximate surface area is 113 Å². The first-order chi connectivity index (χ1) is 9.08. The molecule has 0 radical (unpaired) electrons.